The van der Waals surface area contributed by atoms with Crippen LogP contribution in [0.4, 0.5) is 5.69 Å². The molecule has 1 rings (SSSR count). The maximum absolute atomic E-state index is 12.0. The summed E-state index contributed by atoms with van der Waals surface area (Å²) in [4.78, 5) is 25.7. The minimum atomic E-state index is -0.0626. The molecule has 0 aliphatic heterocycles. The lowest BCUT2D eigenvalue weighted by Gasteiger charge is -2.18. The maximum atomic E-state index is 12.0. The van der Waals surface area contributed by atoms with E-state index in [9.17, 15) is 9.59 Å². The van der Waals surface area contributed by atoms with E-state index in [-0.39, 0.29) is 11.8 Å². The van der Waals surface area contributed by atoms with Crippen molar-refractivity contribution >= 4 is 29.3 Å². The van der Waals surface area contributed by atoms with Crippen LogP contribution in [0.2, 0.25) is 0 Å². The third kappa shape index (κ3) is 5.37. The van der Waals surface area contributed by atoms with Crippen molar-refractivity contribution in [1.29, 1.82) is 0 Å². The Morgan fingerprint density at radius 3 is 2.09 bits per heavy atom. The van der Waals surface area contributed by atoms with Gasteiger partial charge in [0.2, 0.25) is 11.8 Å². The molecule has 2 amide bonds. The van der Waals surface area contributed by atoms with Gasteiger partial charge in [-0.1, -0.05) is 17.7 Å². The Labute approximate surface area is 137 Å². The van der Waals surface area contributed by atoms with E-state index in [4.69, 9.17) is 0 Å². The van der Waals surface area contributed by atoms with Gasteiger partial charge >= 0.3 is 0 Å². The molecule has 1 aromatic rings. The fourth-order valence-corrected chi connectivity index (χ4v) is 3.17. The fourth-order valence-electron chi connectivity index (χ4n) is 2.45. The van der Waals surface area contributed by atoms with Gasteiger partial charge in [-0.05, 0) is 45.7 Å². The normalized spacial score (nSPS) is 10.4. The van der Waals surface area contributed by atoms with Gasteiger partial charge in [-0.2, -0.15) is 0 Å². The molecule has 0 fully saturated rings. The molecule has 122 valence electrons. The van der Waals surface area contributed by atoms with E-state index in [1.54, 1.807) is 4.90 Å². The molecule has 0 radical (unpaired) electrons. The number of carbonyl (C=O) groups is 2. The Hall–Kier alpha value is -1.49. The summed E-state index contributed by atoms with van der Waals surface area (Å²) < 4.78 is 0. The van der Waals surface area contributed by atoms with Crippen LogP contribution in [0.1, 0.15) is 30.5 Å². The maximum Gasteiger partial charge on any atom is 0.234 e. The number of nitrogens with zero attached hydrogens (tertiary/aromatic N) is 1. The number of hydrogen-bond donors (Lipinski definition) is 1. The first-order valence-corrected chi connectivity index (χ1v) is 8.77. The summed E-state index contributed by atoms with van der Waals surface area (Å²) in [5.74, 6) is 0.665. The Kier molecular flexibility index (Phi) is 7.45. The standard InChI is InChI=1S/C17H26N2O2S/c1-6-19(7-2)16(21)11-22-10-15(20)18-17-13(4)8-12(3)9-14(17)5/h8-9H,6-7,10-11H2,1-5H3,(H,18,20). The molecule has 0 atom stereocenters. The predicted molar refractivity (Wildman–Crippen MR) is 94.5 cm³/mol. The van der Waals surface area contributed by atoms with Crippen molar-refractivity contribution in [2.45, 2.75) is 34.6 Å². The van der Waals surface area contributed by atoms with Crippen molar-refractivity contribution in [1.82, 2.24) is 4.90 Å². The van der Waals surface area contributed by atoms with E-state index in [1.807, 2.05) is 34.6 Å². The van der Waals surface area contributed by atoms with E-state index >= 15 is 0 Å². The number of benzene rings is 1. The second-order valence-corrected chi connectivity index (χ2v) is 6.37. The molecular weight excluding hydrogens is 296 g/mol. The van der Waals surface area contributed by atoms with Gasteiger partial charge in [0.05, 0.1) is 11.5 Å². The summed E-state index contributed by atoms with van der Waals surface area (Å²) in [6.07, 6.45) is 0. The highest BCUT2D eigenvalue weighted by Gasteiger charge is 2.12. The van der Waals surface area contributed by atoms with E-state index < -0.39 is 0 Å². The van der Waals surface area contributed by atoms with Crippen LogP contribution in [-0.4, -0.2) is 41.3 Å². The molecule has 5 heteroatoms. The van der Waals surface area contributed by atoms with Gasteiger partial charge in [0.25, 0.3) is 0 Å². The zero-order valence-corrected chi connectivity index (χ0v) is 15.0. The molecule has 0 aliphatic carbocycles. The SMILES string of the molecule is CCN(CC)C(=O)CSCC(=O)Nc1c(C)cc(C)cc1C. The first-order valence-electron chi connectivity index (χ1n) is 7.62. The molecule has 4 nitrogen and oxygen atoms in total. The number of hydrogen-bond acceptors (Lipinski definition) is 3. The quantitative estimate of drug-likeness (QED) is 0.839. The van der Waals surface area contributed by atoms with Gasteiger partial charge in [0.1, 0.15) is 0 Å². The molecule has 0 bridgehead atoms. The zero-order valence-electron chi connectivity index (χ0n) is 14.2. The van der Waals surface area contributed by atoms with Crippen LogP contribution in [0.15, 0.2) is 12.1 Å². The number of anilines is 1. The molecule has 22 heavy (non-hydrogen) atoms. The van der Waals surface area contributed by atoms with Crippen molar-refractivity contribution in [3.8, 4) is 0 Å². The lowest BCUT2D eigenvalue weighted by atomic mass is 10.1. The zero-order chi connectivity index (χ0) is 16.7. The number of amides is 2. The van der Waals surface area contributed by atoms with Crippen LogP contribution >= 0.6 is 11.8 Å². The molecule has 0 saturated carbocycles. The number of thioether (sulfide) groups is 1. The third-order valence-electron chi connectivity index (χ3n) is 3.52. The van der Waals surface area contributed by atoms with Crippen LogP contribution in [-0.2, 0) is 9.59 Å². The van der Waals surface area contributed by atoms with Crippen LogP contribution in [0.3, 0.4) is 0 Å². The van der Waals surface area contributed by atoms with E-state index in [0.717, 1.165) is 16.8 Å². The molecule has 1 aromatic carbocycles. The molecule has 0 saturated heterocycles. The second-order valence-electron chi connectivity index (χ2n) is 5.38. The van der Waals surface area contributed by atoms with E-state index in [2.05, 4.69) is 17.4 Å². The molecule has 0 aliphatic rings. The monoisotopic (exact) mass is 322 g/mol. The second kappa shape index (κ2) is 8.83. The average Bonchev–Trinajstić information content (AvgIpc) is 2.44. The predicted octanol–water partition coefficient (Wildman–Crippen LogP) is 3.15. The van der Waals surface area contributed by atoms with Crippen molar-refractivity contribution < 1.29 is 9.59 Å². The number of nitrogens with one attached hydrogen (secondary N) is 1. The summed E-state index contributed by atoms with van der Waals surface area (Å²) >= 11 is 1.36. The summed E-state index contributed by atoms with van der Waals surface area (Å²) in [6, 6.07) is 4.11. The minimum absolute atomic E-state index is 0.0626. The molecule has 1 N–H and O–H groups in total. The number of aryl methyl sites for hydroxylation is 3. The summed E-state index contributed by atoms with van der Waals surface area (Å²) in [5, 5.41) is 2.95. The van der Waals surface area contributed by atoms with Gasteiger partial charge in [0.15, 0.2) is 0 Å². The highest BCUT2D eigenvalue weighted by Crippen LogP contribution is 2.22. The first-order chi connectivity index (χ1) is 10.4. The number of carbonyl (C=O) groups excluding carboxylic acids is 2. The topological polar surface area (TPSA) is 49.4 Å². The molecule has 0 aromatic heterocycles. The van der Waals surface area contributed by atoms with Crippen LogP contribution in [0.25, 0.3) is 0 Å². The Balaban J connectivity index is 2.50. The van der Waals surface area contributed by atoms with Gasteiger partial charge in [-0.3, -0.25) is 9.59 Å². The molecule has 0 heterocycles. The molecule has 0 unspecified atom stereocenters. The molecule has 0 spiro atoms. The Morgan fingerprint density at radius 2 is 1.59 bits per heavy atom. The highest BCUT2D eigenvalue weighted by molar-refractivity contribution is 8.00. The van der Waals surface area contributed by atoms with Crippen molar-refractivity contribution in [3.05, 3.63) is 28.8 Å². The summed E-state index contributed by atoms with van der Waals surface area (Å²) in [6.45, 7) is 11.4. The Bertz CT molecular complexity index is 516. The highest BCUT2D eigenvalue weighted by atomic mass is 32.2. The minimum Gasteiger partial charge on any atom is -0.343 e. The van der Waals surface area contributed by atoms with E-state index in [1.165, 1.54) is 17.3 Å². The van der Waals surface area contributed by atoms with Gasteiger partial charge < -0.3 is 10.2 Å². The summed E-state index contributed by atoms with van der Waals surface area (Å²) in [5.41, 5.74) is 4.20. The van der Waals surface area contributed by atoms with Crippen molar-refractivity contribution in [2.24, 2.45) is 0 Å². The van der Waals surface area contributed by atoms with Crippen molar-refractivity contribution in [2.75, 3.05) is 29.9 Å². The lowest BCUT2D eigenvalue weighted by Crippen LogP contribution is -2.32. The fraction of sp³-hybridized carbons (Fsp3) is 0.529. The van der Waals surface area contributed by atoms with Crippen LogP contribution < -0.4 is 5.32 Å². The third-order valence-corrected chi connectivity index (χ3v) is 4.43. The smallest absolute Gasteiger partial charge is 0.234 e. The summed E-state index contributed by atoms with van der Waals surface area (Å²) in [7, 11) is 0. The Morgan fingerprint density at radius 1 is 1.05 bits per heavy atom. The van der Waals surface area contributed by atoms with Crippen LogP contribution in [0.5, 0.6) is 0 Å². The van der Waals surface area contributed by atoms with Gasteiger partial charge in [-0.25, -0.2) is 0 Å². The number of rotatable bonds is 7. The van der Waals surface area contributed by atoms with Crippen LogP contribution in [0, 0.1) is 20.8 Å². The average molecular weight is 322 g/mol. The van der Waals surface area contributed by atoms with E-state index in [0.29, 0.717) is 24.6 Å². The van der Waals surface area contributed by atoms with Gasteiger partial charge in [0, 0.05) is 18.8 Å². The van der Waals surface area contributed by atoms with Gasteiger partial charge in [-0.15, -0.1) is 11.8 Å². The first kappa shape index (κ1) is 18.6. The molecular formula is C17H26N2O2S. The lowest BCUT2D eigenvalue weighted by molar-refractivity contribution is -0.127. The van der Waals surface area contributed by atoms with Crippen molar-refractivity contribution in [3.63, 3.8) is 0 Å². The largest absolute Gasteiger partial charge is 0.343 e.